The van der Waals surface area contributed by atoms with E-state index in [0.29, 0.717) is 12.8 Å². The molecule has 13 nitrogen and oxygen atoms in total. The SMILES string of the molecule is CC(C)(C)OC(=O)Nc1nc(/C(=N/OC2(C(=O)OC(C)(C)C)CC2)C(=O)ON2C(O)CCC2O)cs1. The van der Waals surface area contributed by atoms with E-state index < -0.39 is 53.0 Å². The van der Waals surface area contributed by atoms with Gasteiger partial charge in [0.15, 0.2) is 5.13 Å². The average molecular weight is 529 g/mol. The summed E-state index contributed by atoms with van der Waals surface area (Å²) in [5.74, 6) is -1.72. The van der Waals surface area contributed by atoms with Crippen LogP contribution in [0.5, 0.6) is 0 Å². The fourth-order valence-electron chi connectivity index (χ4n) is 2.98. The van der Waals surface area contributed by atoms with E-state index in [1.165, 1.54) is 5.38 Å². The lowest BCUT2D eigenvalue weighted by molar-refractivity contribution is -0.256. The molecule has 2 aliphatic rings. The lowest BCUT2D eigenvalue weighted by Gasteiger charge is -2.23. The molecule has 1 saturated carbocycles. The van der Waals surface area contributed by atoms with Crippen LogP contribution in [-0.2, 0) is 28.7 Å². The number of thiazole rings is 1. The van der Waals surface area contributed by atoms with E-state index in [1.807, 2.05) is 0 Å². The van der Waals surface area contributed by atoms with Crippen LogP contribution in [0.1, 0.15) is 72.9 Å². The Balaban J connectivity index is 1.82. The predicted molar refractivity (Wildman–Crippen MR) is 127 cm³/mol. The lowest BCUT2D eigenvalue weighted by atomic mass is 10.2. The van der Waals surface area contributed by atoms with E-state index >= 15 is 0 Å². The molecular weight excluding hydrogens is 496 g/mol. The van der Waals surface area contributed by atoms with Crippen molar-refractivity contribution in [1.82, 2.24) is 10.0 Å². The van der Waals surface area contributed by atoms with Gasteiger partial charge in [-0.25, -0.2) is 19.4 Å². The molecule has 1 aromatic rings. The molecule has 0 radical (unpaired) electrons. The van der Waals surface area contributed by atoms with Crippen LogP contribution in [0.15, 0.2) is 10.5 Å². The van der Waals surface area contributed by atoms with Crippen molar-refractivity contribution >= 4 is 40.2 Å². The van der Waals surface area contributed by atoms with Gasteiger partial charge >= 0.3 is 18.0 Å². The number of carbonyl (C=O) groups is 3. The van der Waals surface area contributed by atoms with E-state index in [9.17, 15) is 24.6 Å². The number of aromatic nitrogens is 1. The molecule has 14 heteroatoms. The van der Waals surface area contributed by atoms with Gasteiger partial charge in [0.05, 0.1) is 0 Å². The summed E-state index contributed by atoms with van der Waals surface area (Å²) in [4.78, 5) is 52.5. The third-order valence-electron chi connectivity index (χ3n) is 4.79. The Morgan fingerprint density at radius 2 is 1.67 bits per heavy atom. The number of carbonyl (C=O) groups excluding carboxylic acids is 3. The van der Waals surface area contributed by atoms with Crippen LogP contribution in [0.3, 0.4) is 0 Å². The minimum absolute atomic E-state index is 0.0285. The van der Waals surface area contributed by atoms with Crippen molar-refractivity contribution in [2.24, 2.45) is 5.16 Å². The maximum absolute atomic E-state index is 13.0. The second kappa shape index (κ2) is 10.3. The van der Waals surface area contributed by atoms with Gasteiger partial charge in [0.2, 0.25) is 11.3 Å². The fourth-order valence-corrected chi connectivity index (χ4v) is 3.66. The molecule has 1 amide bonds. The minimum atomic E-state index is -1.35. The zero-order valence-electron chi connectivity index (χ0n) is 21.1. The number of aliphatic hydroxyl groups is 2. The van der Waals surface area contributed by atoms with Gasteiger partial charge < -0.3 is 29.4 Å². The monoisotopic (exact) mass is 528 g/mol. The van der Waals surface area contributed by atoms with Gasteiger partial charge in [-0.15, -0.1) is 11.3 Å². The number of ether oxygens (including phenoxy) is 2. The lowest BCUT2D eigenvalue weighted by Crippen LogP contribution is -2.40. The van der Waals surface area contributed by atoms with Gasteiger partial charge in [-0.3, -0.25) is 5.32 Å². The van der Waals surface area contributed by atoms with Crippen molar-refractivity contribution in [3.05, 3.63) is 11.1 Å². The summed E-state index contributed by atoms with van der Waals surface area (Å²) in [6, 6.07) is 0. The van der Waals surface area contributed by atoms with Crippen LogP contribution in [-0.4, -0.2) is 73.3 Å². The highest BCUT2D eigenvalue weighted by Gasteiger charge is 2.56. The van der Waals surface area contributed by atoms with Crippen LogP contribution in [0, 0.1) is 0 Å². The van der Waals surface area contributed by atoms with Gasteiger partial charge in [-0.2, -0.15) is 0 Å². The number of anilines is 1. The molecule has 2 unspecified atom stereocenters. The first-order valence-corrected chi connectivity index (χ1v) is 12.3. The molecule has 3 rings (SSSR count). The summed E-state index contributed by atoms with van der Waals surface area (Å²) in [6.45, 7) is 10.3. The Labute approximate surface area is 212 Å². The van der Waals surface area contributed by atoms with E-state index in [1.54, 1.807) is 41.5 Å². The third kappa shape index (κ3) is 7.35. The van der Waals surface area contributed by atoms with Crippen molar-refractivity contribution in [3.8, 4) is 0 Å². The first-order chi connectivity index (χ1) is 16.6. The molecule has 1 aliphatic carbocycles. The van der Waals surface area contributed by atoms with Crippen molar-refractivity contribution < 1.29 is 43.7 Å². The summed E-state index contributed by atoms with van der Waals surface area (Å²) in [5, 5.41) is 28.6. The molecule has 36 heavy (non-hydrogen) atoms. The summed E-state index contributed by atoms with van der Waals surface area (Å²) >= 11 is 0.985. The Kier molecular flexibility index (Phi) is 7.93. The minimum Gasteiger partial charge on any atom is -0.457 e. The number of nitrogens with zero attached hydrogens (tertiary/aromatic N) is 3. The number of hydrogen-bond acceptors (Lipinski definition) is 13. The number of rotatable bonds is 7. The Morgan fingerprint density at radius 3 is 2.19 bits per heavy atom. The maximum atomic E-state index is 13.0. The topological polar surface area (TPSA) is 169 Å². The van der Waals surface area contributed by atoms with Gasteiger partial charge in [0, 0.05) is 18.2 Å². The average Bonchev–Trinajstić information content (AvgIpc) is 3.29. The number of hydrogen-bond donors (Lipinski definition) is 3. The molecule has 2 atom stereocenters. The van der Waals surface area contributed by atoms with Crippen molar-refractivity contribution in [2.45, 2.75) is 96.5 Å². The standard InChI is InChI=1S/C22H32N4O9S/c1-20(2,3)32-17(30)22(9-10-22)35-25-15(16(29)34-26-13(27)7-8-14(26)28)12-11-36-18(23-12)24-19(31)33-21(4,5)6/h11,13-14,27-28H,7-10H2,1-6H3,(H,23,24,31)/b25-15-. The number of hydroxylamine groups is 2. The van der Waals surface area contributed by atoms with Crippen LogP contribution < -0.4 is 5.32 Å². The molecule has 200 valence electrons. The highest BCUT2D eigenvalue weighted by atomic mass is 32.1. The summed E-state index contributed by atoms with van der Waals surface area (Å²) in [6.07, 6.45) is -2.10. The van der Waals surface area contributed by atoms with Crippen LogP contribution in [0.2, 0.25) is 0 Å². The molecule has 2 fully saturated rings. The molecule has 2 heterocycles. The predicted octanol–water partition coefficient (Wildman–Crippen LogP) is 2.28. The second-order valence-electron chi connectivity index (χ2n) is 10.5. The fraction of sp³-hybridized carbons (Fsp3) is 0.682. The van der Waals surface area contributed by atoms with Gasteiger partial charge in [0.25, 0.3) is 0 Å². The molecular formula is C22H32N4O9S. The third-order valence-corrected chi connectivity index (χ3v) is 5.55. The normalized spacial score (nSPS) is 22.1. The molecule has 0 spiro atoms. The number of aliphatic hydroxyl groups excluding tert-OH is 2. The van der Waals surface area contributed by atoms with Gasteiger partial charge in [-0.1, -0.05) is 10.2 Å². The largest absolute Gasteiger partial charge is 0.457 e. The summed E-state index contributed by atoms with van der Waals surface area (Å²) < 4.78 is 10.6. The molecule has 1 aliphatic heterocycles. The van der Waals surface area contributed by atoms with Crippen molar-refractivity contribution in [1.29, 1.82) is 0 Å². The number of oxime groups is 1. The smallest absolute Gasteiger partial charge is 0.413 e. The molecule has 0 bridgehead atoms. The molecule has 1 aromatic heterocycles. The van der Waals surface area contributed by atoms with Crippen LogP contribution >= 0.6 is 11.3 Å². The molecule has 1 saturated heterocycles. The zero-order chi connectivity index (χ0) is 26.9. The summed E-state index contributed by atoms with van der Waals surface area (Å²) in [7, 11) is 0. The first-order valence-electron chi connectivity index (χ1n) is 11.4. The zero-order valence-corrected chi connectivity index (χ0v) is 21.9. The molecule has 3 N–H and O–H groups in total. The highest BCUT2D eigenvalue weighted by molar-refractivity contribution is 7.14. The first kappa shape index (κ1) is 27.8. The quantitative estimate of drug-likeness (QED) is 0.269. The van der Waals surface area contributed by atoms with E-state index in [-0.39, 0.29) is 23.7 Å². The van der Waals surface area contributed by atoms with Gasteiger partial charge in [-0.05, 0) is 54.4 Å². The van der Waals surface area contributed by atoms with Crippen LogP contribution in [0.25, 0.3) is 0 Å². The Hall–Kier alpha value is -2.81. The Morgan fingerprint density at radius 1 is 1.08 bits per heavy atom. The van der Waals surface area contributed by atoms with Gasteiger partial charge in [0.1, 0.15) is 29.4 Å². The highest BCUT2D eigenvalue weighted by Crippen LogP contribution is 2.42. The number of amides is 1. The number of nitrogens with one attached hydrogen (secondary N) is 1. The molecule has 0 aromatic carbocycles. The van der Waals surface area contributed by atoms with E-state index in [2.05, 4.69) is 15.5 Å². The maximum Gasteiger partial charge on any atom is 0.413 e. The van der Waals surface area contributed by atoms with E-state index in [0.717, 1.165) is 16.4 Å². The van der Waals surface area contributed by atoms with E-state index in [4.69, 9.17) is 19.1 Å². The van der Waals surface area contributed by atoms with Crippen molar-refractivity contribution in [3.63, 3.8) is 0 Å². The van der Waals surface area contributed by atoms with Crippen LogP contribution in [0.4, 0.5) is 9.93 Å². The van der Waals surface area contributed by atoms with Crippen molar-refractivity contribution in [2.75, 3.05) is 5.32 Å². The Bertz CT molecular complexity index is 1010. The number of esters is 1. The second-order valence-corrected chi connectivity index (χ2v) is 11.3. The summed E-state index contributed by atoms with van der Waals surface area (Å²) in [5.41, 5.74) is -3.30.